The molecule has 1 aliphatic carbocycles. The smallest absolute Gasteiger partial charge is 0.240 e. The Morgan fingerprint density at radius 1 is 1.79 bits per heavy atom. The summed E-state index contributed by atoms with van der Waals surface area (Å²) in [4.78, 5) is 11.6. The maximum Gasteiger partial charge on any atom is 0.240 e. The second-order valence-electron chi connectivity index (χ2n) is 3.88. The van der Waals surface area contributed by atoms with Gasteiger partial charge in [0.1, 0.15) is 0 Å². The fourth-order valence-electron chi connectivity index (χ4n) is 1.28. The van der Waals surface area contributed by atoms with Gasteiger partial charge in [0.05, 0.1) is 17.8 Å². The van der Waals surface area contributed by atoms with Crippen molar-refractivity contribution in [1.29, 1.82) is 0 Å². The number of hydrogen-bond donors (Lipinski definition) is 3. The molecule has 1 fully saturated rings. The fourth-order valence-corrected chi connectivity index (χ4v) is 1.28. The summed E-state index contributed by atoms with van der Waals surface area (Å²) in [5.74, 6) is -0.0637. The third kappa shape index (κ3) is 1.63. The lowest BCUT2D eigenvalue weighted by molar-refractivity contribution is -0.123. The molecule has 1 atom stereocenters. The van der Waals surface area contributed by atoms with E-state index in [1.54, 1.807) is 12.4 Å². The second kappa shape index (κ2) is 3.09. The van der Waals surface area contributed by atoms with Crippen molar-refractivity contribution in [2.75, 3.05) is 0 Å². The highest BCUT2D eigenvalue weighted by Crippen LogP contribution is 2.32. The molecule has 1 aliphatic rings. The highest BCUT2D eigenvalue weighted by atomic mass is 16.2. The van der Waals surface area contributed by atoms with E-state index in [0.717, 1.165) is 18.4 Å². The van der Waals surface area contributed by atoms with Gasteiger partial charge in [-0.05, 0) is 19.8 Å². The molecule has 1 amide bonds. The van der Waals surface area contributed by atoms with Gasteiger partial charge in [-0.25, -0.2) is 0 Å². The lowest BCUT2D eigenvalue weighted by Crippen LogP contribution is -2.43. The molecule has 0 bridgehead atoms. The van der Waals surface area contributed by atoms with E-state index in [9.17, 15) is 4.79 Å². The van der Waals surface area contributed by atoms with Crippen molar-refractivity contribution in [3.05, 3.63) is 18.0 Å². The summed E-state index contributed by atoms with van der Waals surface area (Å²) in [5.41, 5.74) is 6.12. The summed E-state index contributed by atoms with van der Waals surface area (Å²) in [6.07, 6.45) is 5.04. The molecular formula is C9H14N4O. The molecule has 0 aliphatic heterocycles. The lowest BCUT2D eigenvalue weighted by atomic mass is 10.1. The highest BCUT2D eigenvalue weighted by Gasteiger charge is 2.46. The van der Waals surface area contributed by atoms with Gasteiger partial charge in [-0.15, -0.1) is 0 Å². The van der Waals surface area contributed by atoms with Crippen LogP contribution in [0.5, 0.6) is 0 Å². The minimum atomic E-state index is -0.599. The quantitative estimate of drug-likeness (QED) is 0.637. The Hall–Kier alpha value is -1.36. The molecule has 4 N–H and O–H groups in total. The van der Waals surface area contributed by atoms with Crippen molar-refractivity contribution in [3.8, 4) is 0 Å². The molecule has 1 heterocycles. The van der Waals surface area contributed by atoms with Gasteiger partial charge >= 0.3 is 0 Å². The van der Waals surface area contributed by atoms with Crippen molar-refractivity contribution in [2.45, 2.75) is 31.3 Å². The Balaban J connectivity index is 1.95. The van der Waals surface area contributed by atoms with E-state index < -0.39 is 5.54 Å². The van der Waals surface area contributed by atoms with Crippen molar-refractivity contribution >= 4 is 5.91 Å². The van der Waals surface area contributed by atoms with Gasteiger partial charge in [-0.2, -0.15) is 5.10 Å². The molecule has 2 rings (SSSR count). The lowest BCUT2D eigenvalue weighted by Gasteiger charge is -2.15. The molecule has 5 heteroatoms. The van der Waals surface area contributed by atoms with Crippen molar-refractivity contribution in [2.24, 2.45) is 5.73 Å². The van der Waals surface area contributed by atoms with Crippen LogP contribution in [0.4, 0.5) is 0 Å². The van der Waals surface area contributed by atoms with Crippen LogP contribution in [0.1, 0.15) is 31.4 Å². The minimum absolute atomic E-state index is 0.0396. The van der Waals surface area contributed by atoms with Gasteiger partial charge < -0.3 is 11.1 Å². The Morgan fingerprint density at radius 2 is 2.50 bits per heavy atom. The Labute approximate surface area is 82.1 Å². The SMILES string of the molecule is CC(NC(=O)C1(N)CC1)c1cn[nH]c1. The molecule has 0 aromatic carbocycles. The predicted molar refractivity (Wildman–Crippen MR) is 51.3 cm³/mol. The number of amides is 1. The number of hydrogen-bond acceptors (Lipinski definition) is 3. The van der Waals surface area contributed by atoms with E-state index in [1.165, 1.54) is 0 Å². The van der Waals surface area contributed by atoms with E-state index >= 15 is 0 Å². The molecule has 76 valence electrons. The average Bonchev–Trinajstić information content (AvgIpc) is 2.71. The van der Waals surface area contributed by atoms with Gasteiger partial charge in [-0.1, -0.05) is 0 Å². The number of nitrogens with zero attached hydrogens (tertiary/aromatic N) is 1. The van der Waals surface area contributed by atoms with E-state index in [0.29, 0.717) is 0 Å². The summed E-state index contributed by atoms with van der Waals surface area (Å²) in [7, 11) is 0. The number of aromatic amines is 1. The summed E-state index contributed by atoms with van der Waals surface area (Å²) in [5, 5.41) is 9.39. The third-order valence-electron chi connectivity index (χ3n) is 2.61. The van der Waals surface area contributed by atoms with Crippen LogP contribution in [0.15, 0.2) is 12.4 Å². The first-order valence-corrected chi connectivity index (χ1v) is 4.70. The molecule has 1 saturated carbocycles. The van der Waals surface area contributed by atoms with E-state index in [1.807, 2.05) is 6.92 Å². The zero-order valence-corrected chi connectivity index (χ0v) is 8.08. The summed E-state index contributed by atoms with van der Waals surface area (Å²) < 4.78 is 0. The second-order valence-corrected chi connectivity index (χ2v) is 3.88. The minimum Gasteiger partial charge on any atom is -0.348 e. The zero-order valence-electron chi connectivity index (χ0n) is 8.08. The van der Waals surface area contributed by atoms with Crippen LogP contribution in [-0.4, -0.2) is 21.6 Å². The standard InChI is InChI=1S/C9H14N4O/c1-6(7-4-11-12-5-7)13-8(14)9(10)2-3-9/h4-6H,2-3,10H2,1H3,(H,11,12)(H,13,14). The van der Waals surface area contributed by atoms with Crippen LogP contribution in [-0.2, 0) is 4.79 Å². The number of H-pyrrole nitrogens is 1. The predicted octanol–water partition coefficient (Wildman–Crippen LogP) is 0.0782. The molecule has 1 aromatic heterocycles. The van der Waals surface area contributed by atoms with Gasteiger partial charge in [0.15, 0.2) is 0 Å². The molecular weight excluding hydrogens is 180 g/mol. The number of nitrogens with one attached hydrogen (secondary N) is 2. The number of aromatic nitrogens is 2. The van der Waals surface area contributed by atoms with Gasteiger partial charge in [0.25, 0.3) is 0 Å². The van der Waals surface area contributed by atoms with Gasteiger partial charge in [-0.3, -0.25) is 9.89 Å². The van der Waals surface area contributed by atoms with Crippen LogP contribution >= 0.6 is 0 Å². The van der Waals surface area contributed by atoms with Crippen LogP contribution in [0.2, 0.25) is 0 Å². The monoisotopic (exact) mass is 194 g/mol. The first-order chi connectivity index (χ1) is 6.62. The van der Waals surface area contributed by atoms with Crippen molar-refractivity contribution < 1.29 is 4.79 Å². The molecule has 0 spiro atoms. The Morgan fingerprint density at radius 3 is 3.00 bits per heavy atom. The number of rotatable bonds is 3. The Kier molecular flexibility index (Phi) is 2.03. The maximum absolute atomic E-state index is 11.6. The molecule has 1 aromatic rings. The van der Waals surface area contributed by atoms with Crippen LogP contribution in [0.3, 0.4) is 0 Å². The third-order valence-corrected chi connectivity index (χ3v) is 2.61. The largest absolute Gasteiger partial charge is 0.348 e. The summed E-state index contributed by atoms with van der Waals surface area (Å²) in [6.45, 7) is 1.91. The normalized spacial score (nSPS) is 20.1. The molecule has 0 radical (unpaired) electrons. The summed E-state index contributed by atoms with van der Waals surface area (Å²) >= 11 is 0. The van der Waals surface area contributed by atoms with Crippen molar-refractivity contribution in [1.82, 2.24) is 15.5 Å². The van der Waals surface area contributed by atoms with Gasteiger partial charge in [0, 0.05) is 11.8 Å². The maximum atomic E-state index is 11.6. The zero-order chi connectivity index (χ0) is 10.2. The first-order valence-electron chi connectivity index (χ1n) is 4.70. The fraction of sp³-hybridized carbons (Fsp3) is 0.556. The number of nitrogens with two attached hydrogens (primary N) is 1. The number of carbonyl (C=O) groups excluding carboxylic acids is 1. The van der Waals surface area contributed by atoms with Gasteiger partial charge in [0.2, 0.25) is 5.91 Å². The van der Waals surface area contributed by atoms with E-state index in [-0.39, 0.29) is 11.9 Å². The van der Waals surface area contributed by atoms with E-state index in [2.05, 4.69) is 15.5 Å². The molecule has 1 unspecified atom stereocenters. The topological polar surface area (TPSA) is 83.8 Å². The Bertz CT molecular complexity index is 329. The van der Waals surface area contributed by atoms with Crippen LogP contribution in [0, 0.1) is 0 Å². The molecule has 14 heavy (non-hydrogen) atoms. The van der Waals surface area contributed by atoms with E-state index in [4.69, 9.17) is 5.73 Å². The van der Waals surface area contributed by atoms with Crippen LogP contribution < -0.4 is 11.1 Å². The molecule has 0 saturated heterocycles. The summed E-state index contributed by atoms with van der Waals surface area (Å²) in [6, 6.07) is -0.0396. The molecule has 5 nitrogen and oxygen atoms in total. The highest BCUT2D eigenvalue weighted by molar-refractivity contribution is 5.89. The number of carbonyl (C=O) groups is 1. The average molecular weight is 194 g/mol. The van der Waals surface area contributed by atoms with Crippen LogP contribution in [0.25, 0.3) is 0 Å². The first kappa shape index (κ1) is 9.21. The van der Waals surface area contributed by atoms with Crippen molar-refractivity contribution in [3.63, 3.8) is 0 Å².